The van der Waals surface area contributed by atoms with E-state index in [9.17, 15) is 22.8 Å². The molecule has 0 aliphatic carbocycles. The summed E-state index contributed by atoms with van der Waals surface area (Å²) in [6.07, 6.45) is -4.11. The Balaban J connectivity index is 2.23. The topological polar surface area (TPSA) is 64.0 Å². The van der Waals surface area contributed by atoms with Gasteiger partial charge in [-0.15, -0.1) is 11.3 Å². The van der Waals surface area contributed by atoms with Gasteiger partial charge in [0.25, 0.3) is 5.56 Å². The number of nitrogens with one attached hydrogen (secondary N) is 1. The van der Waals surface area contributed by atoms with Gasteiger partial charge in [-0.05, 0) is 19.9 Å². The number of aryl methyl sites for hydroxylation is 2. The van der Waals surface area contributed by atoms with Crippen LogP contribution in [0, 0.1) is 13.8 Å². The zero-order valence-corrected chi connectivity index (χ0v) is 13.6. The average molecular weight is 366 g/mol. The standard InChI is InChI=1S/C13H11ClF3N3O2S/c1-6-7(2)23-12(18-6)19-10(21)5-20-4-8(13(15,16)17)3-9(14)11(20)22/h3-4H,5H2,1-2H3,(H,18,19,21). The van der Waals surface area contributed by atoms with Crippen molar-refractivity contribution in [3.63, 3.8) is 0 Å². The van der Waals surface area contributed by atoms with Crippen molar-refractivity contribution in [2.24, 2.45) is 0 Å². The molecule has 0 fully saturated rings. The number of pyridine rings is 1. The molecule has 5 nitrogen and oxygen atoms in total. The summed E-state index contributed by atoms with van der Waals surface area (Å²) in [5.41, 5.74) is -1.23. The van der Waals surface area contributed by atoms with Crippen LogP contribution >= 0.6 is 22.9 Å². The van der Waals surface area contributed by atoms with E-state index in [1.807, 2.05) is 6.92 Å². The second kappa shape index (κ2) is 6.32. The van der Waals surface area contributed by atoms with Crippen LogP contribution in [0.15, 0.2) is 17.1 Å². The third-order valence-electron chi connectivity index (χ3n) is 2.96. The number of hydrogen-bond donors (Lipinski definition) is 1. The Morgan fingerprint density at radius 2 is 2.09 bits per heavy atom. The van der Waals surface area contributed by atoms with E-state index in [1.165, 1.54) is 11.3 Å². The van der Waals surface area contributed by atoms with Gasteiger partial charge in [0.2, 0.25) is 5.91 Å². The predicted molar refractivity (Wildman–Crippen MR) is 80.9 cm³/mol. The second-order valence-corrected chi connectivity index (χ2v) is 6.33. The lowest BCUT2D eigenvalue weighted by molar-refractivity contribution is -0.138. The molecule has 0 spiro atoms. The number of aromatic nitrogens is 2. The van der Waals surface area contributed by atoms with E-state index in [-0.39, 0.29) is 0 Å². The van der Waals surface area contributed by atoms with E-state index < -0.39 is 34.8 Å². The molecular weight excluding hydrogens is 355 g/mol. The quantitative estimate of drug-likeness (QED) is 0.908. The number of hydrogen-bond acceptors (Lipinski definition) is 4. The normalized spacial score (nSPS) is 11.6. The number of carbonyl (C=O) groups excluding carboxylic acids is 1. The van der Waals surface area contributed by atoms with Crippen molar-refractivity contribution in [2.45, 2.75) is 26.6 Å². The molecular formula is C13H11ClF3N3O2S. The average Bonchev–Trinajstić information content (AvgIpc) is 2.72. The van der Waals surface area contributed by atoms with Crippen molar-refractivity contribution in [3.05, 3.63) is 43.8 Å². The van der Waals surface area contributed by atoms with Gasteiger partial charge in [-0.1, -0.05) is 11.6 Å². The van der Waals surface area contributed by atoms with Gasteiger partial charge in [0.05, 0.1) is 11.3 Å². The Bertz CT molecular complexity index is 794. The highest BCUT2D eigenvalue weighted by Gasteiger charge is 2.32. The van der Waals surface area contributed by atoms with Gasteiger partial charge >= 0.3 is 6.18 Å². The molecule has 0 aliphatic rings. The van der Waals surface area contributed by atoms with E-state index >= 15 is 0 Å². The van der Waals surface area contributed by atoms with Gasteiger partial charge in [-0.3, -0.25) is 9.59 Å². The van der Waals surface area contributed by atoms with Crippen LogP contribution in [0.2, 0.25) is 5.02 Å². The Labute approximate surface area is 137 Å². The summed E-state index contributed by atoms with van der Waals surface area (Å²) >= 11 is 6.75. The predicted octanol–water partition coefficient (Wildman–Crippen LogP) is 3.23. The van der Waals surface area contributed by atoms with E-state index in [0.29, 0.717) is 22.0 Å². The molecule has 0 saturated heterocycles. The smallest absolute Gasteiger partial charge is 0.304 e. The number of alkyl halides is 3. The summed E-state index contributed by atoms with van der Waals surface area (Å²) in [6, 6.07) is 0.534. The summed E-state index contributed by atoms with van der Waals surface area (Å²) in [7, 11) is 0. The first kappa shape index (κ1) is 17.5. The fourth-order valence-corrected chi connectivity index (χ4v) is 2.77. The Morgan fingerprint density at radius 3 is 2.61 bits per heavy atom. The largest absolute Gasteiger partial charge is 0.417 e. The summed E-state index contributed by atoms with van der Waals surface area (Å²) in [6.45, 7) is 2.98. The van der Waals surface area contributed by atoms with Gasteiger partial charge in [0.1, 0.15) is 11.6 Å². The first-order valence-electron chi connectivity index (χ1n) is 6.29. The molecule has 0 atom stereocenters. The summed E-state index contributed by atoms with van der Waals surface area (Å²) < 4.78 is 38.8. The van der Waals surface area contributed by atoms with E-state index in [0.717, 1.165) is 10.6 Å². The number of nitrogens with zero attached hydrogens (tertiary/aromatic N) is 2. The van der Waals surface area contributed by atoms with Crippen molar-refractivity contribution in [3.8, 4) is 0 Å². The van der Waals surface area contributed by atoms with Gasteiger partial charge in [-0.2, -0.15) is 13.2 Å². The molecule has 10 heteroatoms. The van der Waals surface area contributed by atoms with Crippen molar-refractivity contribution < 1.29 is 18.0 Å². The van der Waals surface area contributed by atoms with Crippen LogP contribution in [0.5, 0.6) is 0 Å². The first-order valence-corrected chi connectivity index (χ1v) is 7.48. The van der Waals surface area contributed by atoms with Crippen LogP contribution in [0.4, 0.5) is 18.3 Å². The molecule has 2 aromatic heterocycles. The third-order valence-corrected chi connectivity index (χ3v) is 4.22. The molecule has 23 heavy (non-hydrogen) atoms. The zero-order chi connectivity index (χ0) is 17.4. The zero-order valence-electron chi connectivity index (χ0n) is 12.0. The van der Waals surface area contributed by atoms with Crippen LogP contribution in [0.25, 0.3) is 0 Å². The molecule has 0 bridgehead atoms. The van der Waals surface area contributed by atoms with Gasteiger partial charge in [-0.25, -0.2) is 4.98 Å². The molecule has 1 N–H and O–H groups in total. The number of anilines is 1. The highest BCUT2D eigenvalue weighted by atomic mass is 35.5. The van der Waals surface area contributed by atoms with E-state index in [2.05, 4.69) is 10.3 Å². The third kappa shape index (κ3) is 4.11. The minimum atomic E-state index is -4.67. The van der Waals surface area contributed by atoms with Crippen LogP contribution in [-0.2, 0) is 17.5 Å². The Morgan fingerprint density at radius 1 is 1.43 bits per heavy atom. The lowest BCUT2D eigenvalue weighted by Crippen LogP contribution is -2.29. The lowest BCUT2D eigenvalue weighted by atomic mass is 10.2. The molecule has 0 aromatic carbocycles. The van der Waals surface area contributed by atoms with Crippen LogP contribution in [0.3, 0.4) is 0 Å². The molecule has 0 aliphatic heterocycles. The molecule has 2 rings (SSSR count). The van der Waals surface area contributed by atoms with Crippen LogP contribution in [-0.4, -0.2) is 15.5 Å². The van der Waals surface area contributed by atoms with Crippen molar-refractivity contribution in [1.82, 2.24) is 9.55 Å². The number of halogens is 4. The van der Waals surface area contributed by atoms with E-state index in [1.54, 1.807) is 6.92 Å². The maximum Gasteiger partial charge on any atom is 0.417 e. The van der Waals surface area contributed by atoms with Crippen molar-refractivity contribution in [1.29, 1.82) is 0 Å². The van der Waals surface area contributed by atoms with Crippen molar-refractivity contribution >= 4 is 34.0 Å². The number of rotatable bonds is 3. The molecule has 1 amide bonds. The summed E-state index contributed by atoms with van der Waals surface area (Å²) in [5.74, 6) is -0.670. The summed E-state index contributed by atoms with van der Waals surface area (Å²) in [4.78, 5) is 28.6. The van der Waals surface area contributed by atoms with Gasteiger partial charge in [0, 0.05) is 11.1 Å². The fourth-order valence-electron chi connectivity index (χ4n) is 1.71. The Hall–Kier alpha value is -1.87. The first-order chi connectivity index (χ1) is 10.6. The number of amides is 1. The molecule has 0 unspecified atom stereocenters. The van der Waals surface area contributed by atoms with Crippen LogP contribution in [0.1, 0.15) is 16.1 Å². The summed E-state index contributed by atoms with van der Waals surface area (Å²) in [5, 5.41) is 2.15. The molecule has 0 radical (unpaired) electrons. The molecule has 2 aromatic rings. The van der Waals surface area contributed by atoms with Crippen LogP contribution < -0.4 is 10.9 Å². The maximum absolute atomic E-state index is 12.7. The highest BCUT2D eigenvalue weighted by molar-refractivity contribution is 7.15. The van der Waals surface area contributed by atoms with Gasteiger partial charge in [0.15, 0.2) is 5.13 Å². The second-order valence-electron chi connectivity index (χ2n) is 4.72. The van der Waals surface area contributed by atoms with Gasteiger partial charge < -0.3 is 9.88 Å². The highest BCUT2D eigenvalue weighted by Crippen LogP contribution is 2.29. The molecule has 0 saturated carbocycles. The monoisotopic (exact) mass is 365 g/mol. The minimum absolute atomic E-state index is 0.316. The number of carbonyl (C=O) groups is 1. The Kier molecular flexibility index (Phi) is 4.81. The molecule has 124 valence electrons. The SMILES string of the molecule is Cc1nc(NC(=O)Cn2cc(C(F)(F)F)cc(Cl)c2=O)sc1C. The minimum Gasteiger partial charge on any atom is -0.304 e. The maximum atomic E-state index is 12.7. The lowest BCUT2D eigenvalue weighted by Gasteiger charge is -2.11. The van der Waals surface area contributed by atoms with E-state index in [4.69, 9.17) is 11.6 Å². The number of thiazole rings is 1. The molecule has 2 heterocycles. The van der Waals surface area contributed by atoms with Crippen molar-refractivity contribution in [2.75, 3.05) is 5.32 Å². The fraction of sp³-hybridized carbons (Fsp3) is 0.308.